The van der Waals surface area contributed by atoms with Gasteiger partial charge in [-0.1, -0.05) is 164 Å². The molecule has 4 heteroatoms. The molecule has 13 rings (SSSR count). The summed E-state index contributed by atoms with van der Waals surface area (Å²) < 4.78 is 11.6. The first-order valence-corrected chi connectivity index (χ1v) is 23.3. The van der Waals surface area contributed by atoms with Crippen LogP contribution in [0.2, 0.25) is 0 Å². The Balaban J connectivity index is 1.12. The SMILES string of the molecule is c1ccc(-c2ccc3c(c2)sc2c(-c4ccccc4)ccc(N(c4ccc5sc6cc(-c7ccccc7)cc(-c7ccccc7)c6c5c4)c4cccc5oc6ccccc6c45)c23)cc1. The number of hydrogen-bond acceptors (Lipinski definition) is 4. The van der Waals surface area contributed by atoms with E-state index in [1.165, 1.54) is 84.9 Å². The summed E-state index contributed by atoms with van der Waals surface area (Å²) in [5.41, 5.74) is 14.8. The molecule has 0 bridgehead atoms. The van der Waals surface area contributed by atoms with Crippen LogP contribution in [-0.2, 0) is 0 Å². The first-order valence-electron chi connectivity index (χ1n) is 21.7. The highest BCUT2D eigenvalue weighted by atomic mass is 32.1. The molecule has 10 aromatic carbocycles. The molecule has 64 heavy (non-hydrogen) atoms. The van der Waals surface area contributed by atoms with Gasteiger partial charge in [0.25, 0.3) is 0 Å². The Hall–Kier alpha value is -7.76. The van der Waals surface area contributed by atoms with Crippen molar-refractivity contribution in [3.63, 3.8) is 0 Å². The smallest absolute Gasteiger partial charge is 0.137 e. The zero-order valence-electron chi connectivity index (χ0n) is 34.5. The molecular formula is C60H37NOS2. The summed E-state index contributed by atoms with van der Waals surface area (Å²) in [6, 6.07) is 81.6. The van der Waals surface area contributed by atoms with Gasteiger partial charge in [-0.2, -0.15) is 0 Å². The Morgan fingerprint density at radius 1 is 0.312 bits per heavy atom. The maximum absolute atomic E-state index is 6.59. The van der Waals surface area contributed by atoms with Crippen LogP contribution in [0.4, 0.5) is 17.1 Å². The molecule has 0 atom stereocenters. The molecule has 13 aromatic rings. The number of nitrogens with zero attached hydrogens (tertiary/aromatic N) is 1. The van der Waals surface area contributed by atoms with Gasteiger partial charge < -0.3 is 9.32 Å². The van der Waals surface area contributed by atoms with Crippen LogP contribution < -0.4 is 4.90 Å². The number of benzene rings is 10. The van der Waals surface area contributed by atoms with Crippen LogP contribution in [0.1, 0.15) is 0 Å². The maximum atomic E-state index is 6.59. The molecule has 0 aliphatic carbocycles. The van der Waals surface area contributed by atoms with Crippen LogP contribution in [0.3, 0.4) is 0 Å². The lowest BCUT2D eigenvalue weighted by Gasteiger charge is -2.28. The molecule has 2 nitrogen and oxygen atoms in total. The van der Waals surface area contributed by atoms with E-state index in [9.17, 15) is 0 Å². The zero-order chi connectivity index (χ0) is 42.1. The summed E-state index contributed by atoms with van der Waals surface area (Å²) in [7, 11) is 0. The van der Waals surface area contributed by atoms with Gasteiger partial charge in [-0.3, -0.25) is 0 Å². The molecule has 3 heterocycles. The summed E-state index contributed by atoms with van der Waals surface area (Å²) in [6.45, 7) is 0. The summed E-state index contributed by atoms with van der Waals surface area (Å²) >= 11 is 3.75. The predicted octanol–water partition coefficient (Wildman–Crippen LogP) is 18.5. The highest BCUT2D eigenvalue weighted by molar-refractivity contribution is 7.26. The number of thiophene rings is 2. The van der Waals surface area contributed by atoms with Crippen molar-refractivity contribution in [3.8, 4) is 44.5 Å². The second-order valence-corrected chi connectivity index (χ2v) is 18.5. The lowest BCUT2D eigenvalue weighted by Crippen LogP contribution is -2.11. The van der Waals surface area contributed by atoms with Crippen molar-refractivity contribution in [3.05, 3.63) is 224 Å². The number of anilines is 3. The van der Waals surface area contributed by atoms with Gasteiger partial charge in [0.1, 0.15) is 11.2 Å². The normalized spacial score (nSPS) is 11.8. The molecule has 0 N–H and O–H groups in total. The summed E-state index contributed by atoms with van der Waals surface area (Å²) in [4.78, 5) is 2.50. The molecule has 0 spiro atoms. The average Bonchev–Trinajstić information content (AvgIpc) is 4.06. The zero-order valence-corrected chi connectivity index (χ0v) is 36.2. The molecular weight excluding hydrogens is 815 g/mol. The Bertz CT molecular complexity index is 3890. The molecule has 3 aromatic heterocycles. The third kappa shape index (κ3) is 5.99. The molecule has 0 unspecified atom stereocenters. The van der Waals surface area contributed by atoms with E-state index in [0.29, 0.717) is 0 Å². The number of hydrogen-bond donors (Lipinski definition) is 0. The van der Waals surface area contributed by atoms with Gasteiger partial charge >= 0.3 is 0 Å². The maximum Gasteiger partial charge on any atom is 0.137 e. The van der Waals surface area contributed by atoms with Crippen LogP contribution in [0.25, 0.3) is 107 Å². The average molecular weight is 852 g/mol. The number of fused-ring (bicyclic) bond motifs is 9. The van der Waals surface area contributed by atoms with E-state index in [2.05, 4.69) is 229 Å². The van der Waals surface area contributed by atoms with E-state index in [1.807, 2.05) is 22.7 Å². The third-order valence-electron chi connectivity index (χ3n) is 12.7. The Morgan fingerprint density at radius 3 is 1.69 bits per heavy atom. The minimum absolute atomic E-state index is 0.866. The van der Waals surface area contributed by atoms with E-state index < -0.39 is 0 Å². The van der Waals surface area contributed by atoms with Crippen LogP contribution in [0, 0.1) is 0 Å². The molecule has 0 aliphatic rings. The number of rotatable bonds is 7. The van der Waals surface area contributed by atoms with Crippen LogP contribution in [0.15, 0.2) is 229 Å². The summed E-state index contributed by atoms with van der Waals surface area (Å²) in [5.74, 6) is 0. The highest BCUT2D eigenvalue weighted by Gasteiger charge is 2.25. The van der Waals surface area contributed by atoms with Crippen molar-refractivity contribution < 1.29 is 4.42 Å². The fourth-order valence-electron chi connectivity index (χ4n) is 9.73. The highest BCUT2D eigenvalue weighted by Crippen LogP contribution is 2.52. The van der Waals surface area contributed by atoms with Crippen molar-refractivity contribution in [1.29, 1.82) is 0 Å². The minimum atomic E-state index is 0.866. The Morgan fingerprint density at radius 2 is 0.938 bits per heavy atom. The minimum Gasteiger partial charge on any atom is -0.456 e. The van der Waals surface area contributed by atoms with Gasteiger partial charge in [0.15, 0.2) is 0 Å². The lowest BCUT2D eigenvalue weighted by atomic mass is 9.94. The van der Waals surface area contributed by atoms with Crippen molar-refractivity contribution in [2.45, 2.75) is 0 Å². The lowest BCUT2D eigenvalue weighted by molar-refractivity contribution is 0.669. The first-order chi connectivity index (χ1) is 31.7. The first kappa shape index (κ1) is 36.9. The molecule has 0 aliphatic heterocycles. The largest absolute Gasteiger partial charge is 0.456 e. The number of para-hydroxylation sites is 1. The quantitative estimate of drug-likeness (QED) is 0.159. The molecule has 300 valence electrons. The van der Waals surface area contributed by atoms with Crippen molar-refractivity contribution in [2.24, 2.45) is 0 Å². The number of furan rings is 1. The van der Waals surface area contributed by atoms with Gasteiger partial charge in [0.2, 0.25) is 0 Å². The van der Waals surface area contributed by atoms with E-state index in [-0.39, 0.29) is 0 Å². The molecule has 0 fully saturated rings. The Labute approximate surface area is 378 Å². The molecule has 0 radical (unpaired) electrons. The topological polar surface area (TPSA) is 16.4 Å². The van der Waals surface area contributed by atoms with Gasteiger partial charge in [-0.15, -0.1) is 22.7 Å². The van der Waals surface area contributed by atoms with E-state index in [4.69, 9.17) is 4.42 Å². The van der Waals surface area contributed by atoms with Crippen molar-refractivity contribution in [1.82, 2.24) is 0 Å². The fraction of sp³-hybridized carbons (Fsp3) is 0. The van der Waals surface area contributed by atoms with E-state index >= 15 is 0 Å². The van der Waals surface area contributed by atoms with Gasteiger partial charge in [0, 0.05) is 51.4 Å². The third-order valence-corrected chi connectivity index (χ3v) is 15.0. The van der Waals surface area contributed by atoms with Crippen molar-refractivity contribution >= 4 is 102 Å². The van der Waals surface area contributed by atoms with Gasteiger partial charge in [-0.25, -0.2) is 0 Å². The van der Waals surface area contributed by atoms with Gasteiger partial charge in [0.05, 0.1) is 16.8 Å². The van der Waals surface area contributed by atoms with Crippen LogP contribution in [-0.4, -0.2) is 0 Å². The molecule has 0 saturated heterocycles. The van der Waals surface area contributed by atoms with Crippen molar-refractivity contribution in [2.75, 3.05) is 4.90 Å². The summed E-state index contributed by atoms with van der Waals surface area (Å²) in [5, 5.41) is 7.18. The summed E-state index contributed by atoms with van der Waals surface area (Å²) in [6.07, 6.45) is 0. The second kappa shape index (κ2) is 15.0. The molecule has 0 saturated carbocycles. The molecule has 0 amide bonds. The second-order valence-electron chi connectivity index (χ2n) is 16.4. The standard InChI is InChI=1S/C60H37NOS2/c1-5-16-38(17-6-1)42-28-30-47-55(35-42)64-60-45(40-20-9-3-10-21-40)31-32-51(59(47)60)61(50-25-15-27-53-58(50)46-24-13-14-26-52(46)62-53)44-29-33-54-49(37-44)57-48(41-22-11-4-12-23-41)34-43(36-56(57)63-54)39-18-7-2-8-19-39/h1-37H. The van der Waals surface area contributed by atoms with E-state index in [1.54, 1.807) is 0 Å². The van der Waals surface area contributed by atoms with Crippen LogP contribution >= 0.6 is 22.7 Å². The Kier molecular flexibility index (Phi) is 8.61. The monoisotopic (exact) mass is 851 g/mol. The van der Waals surface area contributed by atoms with Crippen LogP contribution in [0.5, 0.6) is 0 Å². The van der Waals surface area contributed by atoms with E-state index in [0.717, 1.165) is 39.0 Å². The fourth-order valence-corrected chi connectivity index (χ4v) is 12.2. The van der Waals surface area contributed by atoms with Gasteiger partial charge in [-0.05, 0) is 105 Å². The predicted molar refractivity (Wildman–Crippen MR) is 276 cm³/mol.